The van der Waals surface area contributed by atoms with Gasteiger partial charge in [-0.3, -0.25) is 4.98 Å². The number of halogens is 2. The monoisotopic (exact) mass is 348 g/mol. The Morgan fingerprint density at radius 2 is 2.12 bits per heavy atom. The lowest BCUT2D eigenvalue weighted by Crippen LogP contribution is -2.15. The first-order valence-electron chi connectivity index (χ1n) is 4.25. The second-order valence-corrected chi connectivity index (χ2v) is 4.58. The quantitative estimate of drug-likeness (QED) is 0.768. The van der Waals surface area contributed by atoms with Crippen molar-refractivity contribution in [1.29, 1.82) is 0 Å². The number of aromatic nitrogens is 3. The van der Waals surface area contributed by atoms with Crippen molar-refractivity contribution in [3.05, 3.63) is 37.3 Å². The summed E-state index contributed by atoms with van der Waals surface area (Å²) in [7, 11) is 0. The fourth-order valence-electron chi connectivity index (χ4n) is 1.21. The molecule has 0 aliphatic carbocycles. The lowest BCUT2D eigenvalue weighted by Gasteiger charge is -2.04. The van der Waals surface area contributed by atoms with Crippen LogP contribution in [0.3, 0.4) is 0 Å². The van der Waals surface area contributed by atoms with Crippen molar-refractivity contribution >= 4 is 40.1 Å². The summed E-state index contributed by atoms with van der Waals surface area (Å²) in [6.07, 6.45) is 0. The first kappa shape index (κ1) is 11.3. The molecule has 2 aromatic rings. The minimum atomic E-state index is -0.529. The van der Waals surface area contributed by atoms with Gasteiger partial charge in [-0.1, -0.05) is 11.6 Å². The van der Waals surface area contributed by atoms with E-state index in [0.717, 1.165) is 9.13 Å². The van der Waals surface area contributed by atoms with Crippen molar-refractivity contribution in [1.82, 2.24) is 15.0 Å². The maximum atomic E-state index is 11.2. The third kappa shape index (κ3) is 2.33. The van der Waals surface area contributed by atoms with Crippen molar-refractivity contribution in [2.45, 2.75) is 0 Å². The van der Waals surface area contributed by atoms with Gasteiger partial charge in [0, 0.05) is 14.2 Å². The number of nitrogen functional groups attached to an aromatic ring is 1. The molecule has 0 fully saturated rings. The molecule has 1 heterocycles. The highest BCUT2D eigenvalue weighted by molar-refractivity contribution is 14.1. The molecule has 0 aliphatic heterocycles. The molecule has 82 valence electrons. The molecule has 0 aliphatic rings. The summed E-state index contributed by atoms with van der Waals surface area (Å²) in [5.74, 6) is 0.305. The number of H-pyrrole nitrogens is 1. The summed E-state index contributed by atoms with van der Waals surface area (Å²) >= 11 is 8.00. The predicted molar refractivity (Wildman–Crippen MR) is 70.2 cm³/mol. The Hall–Kier alpha value is -1.15. The van der Waals surface area contributed by atoms with Gasteiger partial charge in [-0.05, 0) is 40.8 Å². The van der Waals surface area contributed by atoms with Crippen molar-refractivity contribution < 1.29 is 0 Å². The summed E-state index contributed by atoms with van der Waals surface area (Å²) in [5.41, 5.74) is 5.60. The van der Waals surface area contributed by atoms with Crippen LogP contribution in [-0.4, -0.2) is 15.0 Å². The van der Waals surface area contributed by atoms with Crippen LogP contribution in [0.25, 0.3) is 11.4 Å². The summed E-state index contributed by atoms with van der Waals surface area (Å²) in [4.78, 5) is 21.1. The van der Waals surface area contributed by atoms with E-state index in [0.29, 0.717) is 10.8 Å². The SMILES string of the molecule is Nc1nc(-c2cc(Cl)ccc2I)[nH]c(=O)n1. The number of hydrogen-bond donors (Lipinski definition) is 2. The van der Waals surface area contributed by atoms with Crippen LogP contribution in [-0.2, 0) is 0 Å². The second kappa shape index (κ2) is 4.38. The Kier molecular flexibility index (Phi) is 3.10. The standard InChI is InChI=1S/C9H6ClIN4O/c10-4-1-2-6(11)5(3-4)7-13-8(12)15-9(16)14-7/h1-3H,(H3,12,13,14,15,16). The maximum Gasteiger partial charge on any atom is 0.349 e. The first-order valence-corrected chi connectivity index (χ1v) is 5.71. The van der Waals surface area contributed by atoms with Crippen LogP contribution in [0.2, 0.25) is 5.02 Å². The number of nitrogens with one attached hydrogen (secondary N) is 1. The average molecular weight is 349 g/mol. The fourth-order valence-corrected chi connectivity index (χ4v) is 1.97. The van der Waals surface area contributed by atoms with Gasteiger partial charge in [-0.2, -0.15) is 9.97 Å². The van der Waals surface area contributed by atoms with E-state index in [1.54, 1.807) is 12.1 Å². The van der Waals surface area contributed by atoms with Gasteiger partial charge in [0.1, 0.15) is 5.82 Å². The Labute approximate surface area is 109 Å². The molecule has 0 saturated heterocycles. The molecule has 0 saturated carbocycles. The van der Waals surface area contributed by atoms with Crippen LogP contribution >= 0.6 is 34.2 Å². The van der Waals surface area contributed by atoms with Gasteiger partial charge in [0.15, 0.2) is 0 Å². The number of rotatable bonds is 1. The van der Waals surface area contributed by atoms with Crippen molar-refractivity contribution in [3.8, 4) is 11.4 Å². The second-order valence-electron chi connectivity index (χ2n) is 2.98. The van der Waals surface area contributed by atoms with Crippen LogP contribution < -0.4 is 11.4 Å². The largest absolute Gasteiger partial charge is 0.368 e. The zero-order valence-corrected chi connectivity index (χ0v) is 10.8. The van der Waals surface area contributed by atoms with E-state index in [1.807, 2.05) is 6.07 Å². The number of benzene rings is 1. The molecular weight excluding hydrogens is 342 g/mol. The maximum absolute atomic E-state index is 11.2. The molecule has 1 aromatic heterocycles. The highest BCUT2D eigenvalue weighted by Crippen LogP contribution is 2.25. The third-order valence-electron chi connectivity index (χ3n) is 1.85. The topological polar surface area (TPSA) is 84.7 Å². The van der Waals surface area contributed by atoms with E-state index in [1.165, 1.54) is 0 Å². The van der Waals surface area contributed by atoms with Gasteiger partial charge in [0.2, 0.25) is 5.95 Å². The number of aromatic amines is 1. The summed E-state index contributed by atoms with van der Waals surface area (Å²) in [5, 5.41) is 0.563. The van der Waals surface area contributed by atoms with Crippen molar-refractivity contribution in [2.75, 3.05) is 5.73 Å². The first-order chi connectivity index (χ1) is 7.56. The minimum absolute atomic E-state index is 0.0606. The molecular formula is C9H6ClIN4O. The number of anilines is 1. The van der Waals surface area contributed by atoms with Crippen molar-refractivity contribution in [3.63, 3.8) is 0 Å². The van der Waals surface area contributed by atoms with Crippen LogP contribution in [0.1, 0.15) is 0 Å². The van der Waals surface area contributed by atoms with Gasteiger partial charge in [-0.15, -0.1) is 0 Å². The summed E-state index contributed by atoms with van der Waals surface area (Å²) in [6.45, 7) is 0. The van der Waals surface area contributed by atoms with Crippen LogP contribution in [0.5, 0.6) is 0 Å². The van der Waals surface area contributed by atoms with Gasteiger partial charge in [-0.25, -0.2) is 4.79 Å². The zero-order chi connectivity index (χ0) is 11.7. The molecule has 0 bridgehead atoms. The van der Waals surface area contributed by atoms with Crippen molar-refractivity contribution in [2.24, 2.45) is 0 Å². The van der Waals surface area contributed by atoms with E-state index >= 15 is 0 Å². The molecule has 5 nitrogen and oxygen atoms in total. The Balaban J connectivity index is 2.66. The van der Waals surface area contributed by atoms with E-state index in [9.17, 15) is 4.79 Å². The molecule has 0 atom stereocenters. The molecule has 3 N–H and O–H groups in total. The molecule has 1 aromatic carbocycles. The number of nitrogens with two attached hydrogens (primary N) is 1. The lowest BCUT2D eigenvalue weighted by molar-refractivity contribution is 1.01. The Bertz CT molecular complexity index is 598. The molecule has 0 spiro atoms. The van der Waals surface area contributed by atoms with E-state index in [2.05, 4.69) is 37.5 Å². The molecule has 2 rings (SSSR count). The van der Waals surface area contributed by atoms with Crippen LogP contribution in [0, 0.1) is 3.57 Å². The van der Waals surface area contributed by atoms with Gasteiger partial charge in [0.25, 0.3) is 0 Å². The third-order valence-corrected chi connectivity index (χ3v) is 3.03. The minimum Gasteiger partial charge on any atom is -0.368 e. The highest BCUT2D eigenvalue weighted by atomic mass is 127. The van der Waals surface area contributed by atoms with Crippen LogP contribution in [0.4, 0.5) is 5.95 Å². The Morgan fingerprint density at radius 3 is 2.81 bits per heavy atom. The molecule has 7 heteroatoms. The van der Waals surface area contributed by atoms with Crippen LogP contribution in [0.15, 0.2) is 23.0 Å². The Morgan fingerprint density at radius 1 is 1.38 bits per heavy atom. The van der Waals surface area contributed by atoms with E-state index in [4.69, 9.17) is 17.3 Å². The zero-order valence-electron chi connectivity index (χ0n) is 7.87. The van der Waals surface area contributed by atoms with Gasteiger partial charge >= 0.3 is 5.69 Å². The molecule has 0 radical (unpaired) electrons. The highest BCUT2D eigenvalue weighted by Gasteiger charge is 2.07. The van der Waals surface area contributed by atoms with E-state index < -0.39 is 5.69 Å². The van der Waals surface area contributed by atoms with Gasteiger partial charge < -0.3 is 5.73 Å². The van der Waals surface area contributed by atoms with Gasteiger partial charge in [0.05, 0.1) is 0 Å². The lowest BCUT2D eigenvalue weighted by atomic mass is 10.2. The summed E-state index contributed by atoms with van der Waals surface area (Å²) < 4.78 is 0.913. The molecule has 0 unspecified atom stereocenters. The fraction of sp³-hybridized carbons (Fsp3) is 0. The molecule has 0 amide bonds. The molecule has 16 heavy (non-hydrogen) atoms. The van der Waals surface area contributed by atoms with E-state index in [-0.39, 0.29) is 5.95 Å². The summed E-state index contributed by atoms with van der Waals surface area (Å²) in [6, 6.07) is 5.30. The number of hydrogen-bond acceptors (Lipinski definition) is 4. The smallest absolute Gasteiger partial charge is 0.349 e. The predicted octanol–water partition coefficient (Wildman–Crippen LogP) is 1.67. The number of nitrogens with zero attached hydrogens (tertiary/aromatic N) is 2. The normalized spacial score (nSPS) is 10.4. The average Bonchev–Trinajstić information content (AvgIpc) is 2.20.